The fraction of sp³-hybridized carbons (Fsp3) is 0.286. The summed E-state index contributed by atoms with van der Waals surface area (Å²) in [6, 6.07) is 12.1. The van der Waals surface area contributed by atoms with Crippen LogP contribution in [0.3, 0.4) is 0 Å². The maximum absolute atomic E-state index is 12.8. The van der Waals surface area contributed by atoms with E-state index in [1.807, 2.05) is 13.0 Å². The van der Waals surface area contributed by atoms with Crippen LogP contribution in [0.2, 0.25) is 5.02 Å². The predicted molar refractivity (Wildman–Crippen MR) is 107 cm³/mol. The van der Waals surface area contributed by atoms with Gasteiger partial charge in [-0.05, 0) is 37.1 Å². The van der Waals surface area contributed by atoms with E-state index >= 15 is 0 Å². The Hall–Kier alpha value is -2.66. The van der Waals surface area contributed by atoms with Crippen molar-refractivity contribution in [1.29, 1.82) is 0 Å². The van der Waals surface area contributed by atoms with E-state index in [1.165, 1.54) is 4.68 Å². The molecule has 0 N–H and O–H groups in total. The van der Waals surface area contributed by atoms with E-state index in [9.17, 15) is 9.59 Å². The number of aromatic nitrogens is 2. The van der Waals surface area contributed by atoms with Crippen LogP contribution in [0, 0.1) is 6.92 Å². The maximum atomic E-state index is 12.8. The molecule has 1 heterocycles. The molecule has 1 aromatic heterocycles. The van der Waals surface area contributed by atoms with Crippen molar-refractivity contribution in [3.63, 3.8) is 0 Å². The van der Waals surface area contributed by atoms with Crippen LogP contribution < -0.4 is 10.3 Å². The zero-order valence-electron chi connectivity index (χ0n) is 15.4. The van der Waals surface area contributed by atoms with Crippen molar-refractivity contribution >= 4 is 28.3 Å². The van der Waals surface area contributed by atoms with E-state index in [0.29, 0.717) is 22.3 Å². The molecule has 6 heteroatoms. The molecule has 0 amide bonds. The summed E-state index contributed by atoms with van der Waals surface area (Å²) >= 11 is 6.13. The summed E-state index contributed by atoms with van der Waals surface area (Å²) in [5.74, 6) is -0.362. The second kappa shape index (κ2) is 8.35. The molecular formula is C21H21ClN2O3. The number of rotatable bonds is 6. The van der Waals surface area contributed by atoms with Crippen molar-refractivity contribution in [3.05, 3.63) is 69.1 Å². The molecule has 0 radical (unpaired) electrons. The van der Waals surface area contributed by atoms with Crippen molar-refractivity contribution < 1.29 is 9.53 Å². The Morgan fingerprint density at radius 1 is 1.15 bits per heavy atom. The number of ether oxygens (including phenoxy) is 1. The van der Waals surface area contributed by atoms with Crippen LogP contribution in [0.25, 0.3) is 10.8 Å². The number of hydrogen-bond donors (Lipinski definition) is 0. The average molecular weight is 385 g/mol. The maximum Gasteiger partial charge on any atom is 0.364 e. The summed E-state index contributed by atoms with van der Waals surface area (Å²) in [4.78, 5) is 25.5. The minimum atomic E-state index is -0.636. The van der Waals surface area contributed by atoms with Crippen LogP contribution in [0.1, 0.15) is 42.2 Å². The van der Waals surface area contributed by atoms with Crippen molar-refractivity contribution in [2.75, 3.05) is 0 Å². The zero-order chi connectivity index (χ0) is 19.4. The fourth-order valence-electron chi connectivity index (χ4n) is 2.89. The first-order chi connectivity index (χ1) is 13.0. The Balaban J connectivity index is 2.03. The summed E-state index contributed by atoms with van der Waals surface area (Å²) < 4.78 is 6.85. The van der Waals surface area contributed by atoms with E-state index in [4.69, 9.17) is 16.3 Å². The van der Waals surface area contributed by atoms with E-state index < -0.39 is 5.97 Å². The topological polar surface area (TPSA) is 61.2 Å². The second-order valence-corrected chi connectivity index (χ2v) is 6.86. The Kier molecular flexibility index (Phi) is 5.91. The monoisotopic (exact) mass is 384 g/mol. The first-order valence-electron chi connectivity index (χ1n) is 8.99. The van der Waals surface area contributed by atoms with Crippen molar-refractivity contribution in [1.82, 2.24) is 9.78 Å². The highest BCUT2D eigenvalue weighted by Gasteiger charge is 2.19. The molecule has 140 valence electrons. The average Bonchev–Trinajstić information content (AvgIpc) is 2.66. The molecule has 0 saturated carbocycles. The third kappa shape index (κ3) is 4.19. The van der Waals surface area contributed by atoms with Gasteiger partial charge in [-0.2, -0.15) is 5.10 Å². The number of nitrogens with zero attached hydrogens (tertiary/aromatic N) is 2. The van der Waals surface area contributed by atoms with E-state index in [-0.39, 0.29) is 17.0 Å². The van der Waals surface area contributed by atoms with Gasteiger partial charge in [-0.3, -0.25) is 4.79 Å². The third-order valence-electron chi connectivity index (χ3n) is 4.32. The molecule has 0 aliphatic carbocycles. The lowest BCUT2D eigenvalue weighted by Gasteiger charge is -2.11. The van der Waals surface area contributed by atoms with Gasteiger partial charge in [-0.1, -0.05) is 55.6 Å². The molecule has 0 saturated heterocycles. The number of carbonyl (C=O) groups excluding carboxylic acids is 1. The number of benzene rings is 2. The van der Waals surface area contributed by atoms with Gasteiger partial charge in [-0.25, -0.2) is 9.48 Å². The quantitative estimate of drug-likeness (QED) is 0.349. The van der Waals surface area contributed by atoms with Crippen LogP contribution in [0.4, 0.5) is 0 Å². The summed E-state index contributed by atoms with van der Waals surface area (Å²) in [5, 5.41) is 5.57. The lowest BCUT2D eigenvalue weighted by atomic mass is 10.1. The molecule has 3 rings (SSSR count). The Labute approximate surface area is 162 Å². The molecule has 27 heavy (non-hydrogen) atoms. The second-order valence-electron chi connectivity index (χ2n) is 6.45. The smallest absolute Gasteiger partial charge is 0.364 e. The molecule has 0 atom stereocenters. The minimum absolute atomic E-state index is 0.110. The Morgan fingerprint density at radius 2 is 1.89 bits per heavy atom. The molecule has 5 nitrogen and oxygen atoms in total. The minimum Gasteiger partial charge on any atom is -0.420 e. The summed E-state index contributed by atoms with van der Waals surface area (Å²) in [7, 11) is 0. The van der Waals surface area contributed by atoms with Crippen molar-refractivity contribution in [2.45, 2.75) is 39.7 Å². The molecule has 2 aromatic carbocycles. The van der Waals surface area contributed by atoms with Crippen LogP contribution >= 0.6 is 11.6 Å². The summed E-state index contributed by atoms with van der Waals surface area (Å²) in [5.41, 5.74) is 0.829. The van der Waals surface area contributed by atoms with Crippen LogP contribution in [-0.2, 0) is 6.54 Å². The summed E-state index contributed by atoms with van der Waals surface area (Å²) in [6.07, 6.45) is 2.84. The molecule has 0 aliphatic heterocycles. The predicted octanol–water partition coefficient (Wildman–Crippen LogP) is 4.77. The van der Waals surface area contributed by atoms with Crippen LogP contribution in [-0.4, -0.2) is 15.7 Å². The number of esters is 1. The molecule has 0 aliphatic rings. The van der Waals surface area contributed by atoms with E-state index in [2.05, 4.69) is 12.0 Å². The van der Waals surface area contributed by atoms with Crippen LogP contribution in [0.5, 0.6) is 5.75 Å². The molecular weight excluding hydrogens is 364 g/mol. The number of unbranched alkanes of at least 4 members (excludes halogenated alkanes) is 2. The third-order valence-corrected chi connectivity index (χ3v) is 4.64. The highest BCUT2D eigenvalue weighted by atomic mass is 35.5. The first kappa shape index (κ1) is 19.1. The van der Waals surface area contributed by atoms with Gasteiger partial charge in [0.25, 0.3) is 5.56 Å². The molecule has 0 unspecified atom stereocenters. The van der Waals surface area contributed by atoms with Gasteiger partial charge in [0.2, 0.25) is 0 Å². The SMILES string of the molecule is CCCCCn1nc(C(=O)Oc2cc(C)ccc2Cl)c2ccccc2c1=O. The Morgan fingerprint density at radius 3 is 2.63 bits per heavy atom. The van der Waals surface area contributed by atoms with Gasteiger partial charge < -0.3 is 4.74 Å². The largest absolute Gasteiger partial charge is 0.420 e. The molecule has 3 aromatic rings. The van der Waals surface area contributed by atoms with Gasteiger partial charge in [0.15, 0.2) is 5.69 Å². The normalized spacial score (nSPS) is 10.9. The highest BCUT2D eigenvalue weighted by molar-refractivity contribution is 6.32. The number of aryl methyl sites for hydroxylation is 2. The number of halogens is 1. The lowest BCUT2D eigenvalue weighted by Crippen LogP contribution is -2.27. The lowest BCUT2D eigenvalue weighted by molar-refractivity contribution is 0.0728. The fourth-order valence-corrected chi connectivity index (χ4v) is 3.04. The van der Waals surface area contributed by atoms with Gasteiger partial charge in [0, 0.05) is 11.9 Å². The van der Waals surface area contributed by atoms with Gasteiger partial charge >= 0.3 is 5.97 Å². The van der Waals surface area contributed by atoms with Gasteiger partial charge in [0.05, 0.1) is 10.4 Å². The summed E-state index contributed by atoms with van der Waals surface area (Å²) in [6.45, 7) is 4.43. The van der Waals surface area contributed by atoms with Crippen molar-refractivity contribution in [3.8, 4) is 5.75 Å². The van der Waals surface area contributed by atoms with Crippen LogP contribution in [0.15, 0.2) is 47.3 Å². The van der Waals surface area contributed by atoms with Crippen molar-refractivity contribution in [2.24, 2.45) is 0 Å². The molecule has 0 fully saturated rings. The highest BCUT2D eigenvalue weighted by Crippen LogP contribution is 2.26. The van der Waals surface area contributed by atoms with E-state index in [1.54, 1.807) is 36.4 Å². The number of fused-ring (bicyclic) bond motifs is 1. The first-order valence-corrected chi connectivity index (χ1v) is 9.37. The standard InChI is InChI=1S/C21H21ClN2O3/c1-3-4-7-12-24-20(25)16-9-6-5-8-15(16)19(23-24)21(26)27-18-13-14(2)10-11-17(18)22/h5-6,8-11,13H,3-4,7,12H2,1-2H3. The molecule has 0 bridgehead atoms. The zero-order valence-corrected chi connectivity index (χ0v) is 16.1. The van der Waals surface area contributed by atoms with Gasteiger partial charge in [0.1, 0.15) is 5.75 Å². The van der Waals surface area contributed by atoms with Gasteiger partial charge in [-0.15, -0.1) is 0 Å². The van der Waals surface area contributed by atoms with E-state index in [0.717, 1.165) is 24.8 Å². The Bertz CT molecular complexity index is 1040. The number of hydrogen-bond acceptors (Lipinski definition) is 4. The molecule has 0 spiro atoms. The number of carbonyl (C=O) groups is 1.